The number of amides is 2. The topological polar surface area (TPSA) is 106 Å². The molecule has 1 unspecified atom stereocenters. The van der Waals surface area contributed by atoms with Gasteiger partial charge < -0.3 is 16.0 Å². The third-order valence-corrected chi connectivity index (χ3v) is 6.80. The van der Waals surface area contributed by atoms with Crippen molar-refractivity contribution in [2.45, 2.75) is 37.9 Å². The first kappa shape index (κ1) is 29.3. The van der Waals surface area contributed by atoms with E-state index in [-0.39, 0.29) is 11.3 Å². The molecule has 1 saturated heterocycles. The van der Waals surface area contributed by atoms with Crippen molar-refractivity contribution in [2.24, 2.45) is 5.92 Å². The molecule has 1 aliphatic rings. The number of nitrogens with one attached hydrogen (secondary N) is 1. The molecule has 1 fully saturated rings. The molecule has 0 bridgehead atoms. The molecule has 40 heavy (non-hydrogen) atoms. The van der Waals surface area contributed by atoms with Gasteiger partial charge in [0.15, 0.2) is 5.82 Å². The fraction of sp³-hybridized carbons (Fsp3) is 0.391. The second-order valence-electron chi connectivity index (χ2n) is 9.21. The number of likely N-dealkylation sites (tertiary alicyclic amines) is 1. The number of halogens is 9. The Morgan fingerprint density at radius 3 is 2.48 bits per heavy atom. The van der Waals surface area contributed by atoms with Crippen molar-refractivity contribution in [2.75, 3.05) is 18.8 Å². The normalized spacial score (nSPS) is 18.8. The van der Waals surface area contributed by atoms with Crippen LogP contribution in [0, 0.1) is 11.7 Å². The Bertz CT molecular complexity index is 1470. The summed E-state index contributed by atoms with van der Waals surface area (Å²) < 4.78 is 109. The van der Waals surface area contributed by atoms with Crippen LogP contribution in [0.15, 0.2) is 24.5 Å². The molecule has 3 atom stereocenters. The number of aromatic nitrogens is 3. The summed E-state index contributed by atoms with van der Waals surface area (Å²) in [6, 6.07) is 0.968. The lowest BCUT2D eigenvalue weighted by Gasteiger charge is -2.20. The quantitative estimate of drug-likeness (QED) is 0.416. The van der Waals surface area contributed by atoms with Crippen molar-refractivity contribution in [1.29, 1.82) is 0 Å². The zero-order valence-corrected chi connectivity index (χ0v) is 21.0. The Balaban J connectivity index is 1.61. The van der Waals surface area contributed by atoms with E-state index in [1.165, 1.54) is 0 Å². The third-order valence-electron chi connectivity index (χ3n) is 6.41. The standard InChI is InChI=1S/C23H19ClF8N6O2/c1-9(22(27,28)29)2-17(39)37-6-14(26)15(7-37)36-21(40)11-3-10(4-13(25)18(11)24)16-5-12(23(30,31)32)19-20(33)34-8-35-38(16)19/h3-5,8-9,14-15H,2,6-7H2,1H3,(H,36,40)(H2,33,34,35)/t9?,14-,15+/m0/s1. The third kappa shape index (κ3) is 5.62. The SMILES string of the molecule is CC(CC(=O)N1C[C@H](F)[C@H](NC(=O)c2cc(-c3cc(C(F)(F)F)c4c(N)ncnn34)cc(F)c2Cl)C1)C(F)(F)F. The first-order chi connectivity index (χ1) is 18.5. The molecule has 2 amide bonds. The first-order valence-electron chi connectivity index (χ1n) is 11.5. The molecule has 0 radical (unpaired) electrons. The molecule has 0 aliphatic carbocycles. The number of alkyl halides is 7. The van der Waals surface area contributed by atoms with Gasteiger partial charge in [-0.3, -0.25) is 9.59 Å². The number of nitrogens with two attached hydrogens (primary N) is 1. The van der Waals surface area contributed by atoms with Crippen LogP contribution in [-0.4, -0.2) is 62.8 Å². The van der Waals surface area contributed by atoms with Crippen LogP contribution in [0.4, 0.5) is 40.9 Å². The van der Waals surface area contributed by atoms with Crippen LogP contribution in [0.3, 0.4) is 0 Å². The van der Waals surface area contributed by atoms with Gasteiger partial charge in [-0.25, -0.2) is 18.3 Å². The molecule has 0 saturated carbocycles. The Labute approximate surface area is 225 Å². The number of hydrogen-bond acceptors (Lipinski definition) is 5. The summed E-state index contributed by atoms with van der Waals surface area (Å²) in [5, 5.41) is 5.24. The van der Waals surface area contributed by atoms with Crippen molar-refractivity contribution in [3.63, 3.8) is 0 Å². The number of rotatable bonds is 5. The predicted molar refractivity (Wildman–Crippen MR) is 125 cm³/mol. The Kier molecular flexibility index (Phi) is 7.60. The zero-order chi connectivity index (χ0) is 29.7. The summed E-state index contributed by atoms with van der Waals surface area (Å²) in [5.41, 5.74) is 2.61. The summed E-state index contributed by atoms with van der Waals surface area (Å²) in [4.78, 5) is 29.6. The molecule has 1 aromatic carbocycles. The van der Waals surface area contributed by atoms with E-state index in [9.17, 15) is 44.7 Å². The summed E-state index contributed by atoms with van der Waals surface area (Å²) >= 11 is 5.94. The Hall–Kier alpha value is -3.69. The molecule has 216 valence electrons. The van der Waals surface area contributed by atoms with E-state index >= 15 is 0 Å². The van der Waals surface area contributed by atoms with E-state index in [2.05, 4.69) is 15.4 Å². The zero-order valence-electron chi connectivity index (χ0n) is 20.2. The molecule has 3 heterocycles. The van der Waals surface area contributed by atoms with Gasteiger partial charge >= 0.3 is 12.4 Å². The number of carbonyl (C=O) groups excluding carboxylic acids is 2. The molecule has 3 N–H and O–H groups in total. The number of anilines is 1. The van der Waals surface area contributed by atoms with E-state index in [0.717, 1.165) is 34.8 Å². The molecule has 1 aliphatic heterocycles. The van der Waals surface area contributed by atoms with Crippen molar-refractivity contribution >= 4 is 34.7 Å². The molecular formula is C23H19ClF8N6O2. The lowest BCUT2D eigenvalue weighted by atomic mass is 10.1. The van der Waals surface area contributed by atoms with Crippen LogP contribution in [0.1, 0.15) is 29.3 Å². The fourth-order valence-electron chi connectivity index (χ4n) is 4.25. The van der Waals surface area contributed by atoms with Gasteiger partial charge in [-0.1, -0.05) is 18.5 Å². The second kappa shape index (κ2) is 10.4. The summed E-state index contributed by atoms with van der Waals surface area (Å²) in [5.74, 6) is -5.80. The maximum atomic E-state index is 14.8. The van der Waals surface area contributed by atoms with Crippen molar-refractivity contribution in [1.82, 2.24) is 24.8 Å². The van der Waals surface area contributed by atoms with Gasteiger partial charge in [0.25, 0.3) is 5.91 Å². The minimum Gasteiger partial charge on any atom is -0.382 e. The maximum Gasteiger partial charge on any atom is 0.418 e. The van der Waals surface area contributed by atoms with Crippen LogP contribution in [-0.2, 0) is 11.0 Å². The Morgan fingerprint density at radius 2 is 1.85 bits per heavy atom. The van der Waals surface area contributed by atoms with Crippen molar-refractivity contribution in [3.05, 3.63) is 46.5 Å². The van der Waals surface area contributed by atoms with Crippen molar-refractivity contribution < 1.29 is 44.7 Å². The Morgan fingerprint density at radius 1 is 1.18 bits per heavy atom. The van der Waals surface area contributed by atoms with Gasteiger partial charge in [-0.05, 0) is 18.2 Å². The monoisotopic (exact) mass is 598 g/mol. The molecule has 0 spiro atoms. The smallest absolute Gasteiger partial charge is 0.382 e. The summed E-state index contributed by atoms with van der Waals surface area (Å²) in [7, 11) is 0. The highest BCUT2D eigenvalue weighted by molar-refractivity contribution is 6.34. The number of benzene rings is 1. The highest BCUT2D eigenvalue weighted by Crippen LogP contribution is 2.39. The minimum atomic E-state index is -4.90. The number of nitrogen functional groups attached to an aromatic ring is 1. The summed E-state index contributed by atoms with van der Waals surface area (Å²) in [6.45, 7) is -0.255. The van der Waals surface area contributed by atoms with E-state index in [0.29, 0.717) is 6.07 Å². The van der Waals surface area contributed by atoms with Gasteiger partial charge in [0.1, 0.15) is 23.8 Å². The van der Waals surface area contributed by atoms with Gasteiger partial charge in [0.05, 0.1) is 40.3 Å². The number of hydrogen-bond donors (Lipinski definition) is 2. The van der Waals surface area contributed by atoms with E-state index in [4.69, 9.17) is 17.3 Å². The number of carbonyl (C=O) groups is 2. The molecule has 2 aromatic heterocycles. The number of nitrogens with zero attached hydrogens (tertiary/aromatic N) is 4. The maximum absolute atomic E-state index is 14.8. The first-order valence-corrected chi connectivity index (χ1v) is 11.8. The fourth-order valence-corrected chi connectivity index (χ4v) is 4.44. The average Bonchev–Trinajstić information content (AvgIpc) is 3.42. The molecule has 17 heteroatoms. The highest BCUT2D eigenvalue weighted by Gasteiger charge is 2.42. The minimum absolute atomic E-state index is 0.267. The van der Waals surface area contributed by atoms with Crippen LogP contribution in [0.5, 0.6) is 0 Å². The van der Waals surface area contributed by atoms with Crippen LogP contribution in [0.2, 0.25) is 5.02 Å². The molecule has 4 rings (SSSR count). The van der Waals surface area contributed by atoms with Gasteiger partial charge in [-0.2, -0.15) is 31.4 Å². The van der Waals surface area contributed by atoms with E-state index < -0.39 is 95.1 Å². The predicted octanol–water partition coefficient (Wildman–Crippen LogP) is 4.66. The lowest BCUT2D eigenvalue weighted by Crippen LogP contribution is -2.42. The largest absolute Gasteiger partial charge is 0.418 e. The van der Waals surface area contributed by atoms with Gasteiger partial charge in [0.2, 0.25) is 5.91 Å². The van der Waals surface area contributed by atoms with Crippen LogP contribution >= 0.6 is 11.6 Å². The van der Waals surface area contributed by atoms with Gasteiger partial charge in [0, 0.05) is 18.5 Å². The van der Waals surface area contributed by atoms with E-state index in [1.54, 1.807) is 0 Å². The number of fused-ring (bicyclic) bond motifs is 1. The average molecular weight is 599 g/mol. The molecular weight excluding hydrogens is 580 g/mol. The van der Waals surface area contributed by atoms with Crippen LogP contribution in [0.25, 0.3) is 16.8 Å². The molecule has 8 nitrogen and oxygen atoms in total. The summed E-state index contributed by atoms with van der Waals surface area (Å²) in [6.07, 6.45) is -11.4. The van der Waals surface area contributed by atoms with E-state index in [1.807, 2.05) is 0 Å². The molecule has 3 aromatic rings. The highest BCUT2D eigenvalue weighted by atomic mass is 35.5. The van der Waals surface area contributed by atoms with Gasteiger partial charge in [-0.15, -0.1) is 0 Å². The second-order valence-corrected chi connectivity index (χ2v) is 9.59. The van der Waals surface area contributed by atoms with Crippen LogP contribution < -0.4 is 11.1 Å². The lowest BCUT2D eigenvalue weighted by molar-refractivity contribution is -0.176. The van der Waals surface area contributed by atoms with Crippen molar-refractivity contribution in [3.8, 4) is 11.3 Å².